The molecule has 1 saturated carbocycles. The molecule has 0 N–H and O–H groups in total. The summed E-state index contributed by atoms with van der Waals surface area (Å²) >= 11 is 0. The second kappa shape index (κ2) is 4.94. The second-order valence-corrected chi connectivity index (χ2v) is 5.38. The first-order valence-electron chi connectivity index (χ1n) is 6.09. The predicted molar refractivity (Wildman–Crippen MR) is 66.6 cm³/mol. The molecule has 1 atom stereocenters. The van der Waals surface area contributed by atoms with Gasteiger partial charge in [0.15, 0.2) is 0 Å². The van der Waals surface area contributed by atoms with Crippen molar-refractivity contribution in [3.05, 3.63) is 35.9 Å². The molecular formula is C14H19F2NO. The Morgan fingerprint density at radius 1 is 1.22 bits per heavy atom. The van der Waals surface area contributed by atoms with Crippen LogP contribution in [0.15, 0.2) is 30.3 Å². The summed E-state index contributed by atoms with van der Waals surface area (Å²) in [7, 11) is 3.63. The van der Waals surface area contributed by atoms with E-state index in [2.05, 4.69) is 0 Å². The van der Waals surface area contributed by atoms with Crippen LogP contribution in [0.1, 0.15) is 12.0 Å². The fourth-order valence-corrected chi connectivity index (χ4v) is 2.30. The first-order chi connectivity index (χ1) is 8.45. The van der Waals surface area contributed by atoms with Gasteiger partial charge in [0.05, 0.1) is 18.6 Å². The largest absolute Gasteiger partial charge is 0.376 e. The SMILES string of the molecule is CN(C)C[C@@]1(COCc2ccccc2)CC1(F)F. The summed E-state index contributed by atoms with van der Waals surface area (Å²) in [4.78, 5) is 1.80. The minimum atomic E-state index is -2.58. The van der Waals surface area contributed by atoms with Crippen LogP contribution in [-0.4, -0.2) is 38.1 Å². The van der Waals surface area contributed by atoms with Gasteiger partial charge in [-0.25, -0.2) is 8.78 Å². The van der Waals surface area contributed by atoms with Crippen LogP contribution in [0.25, 0.3) is 0 Å². The van der Waals surface area contributed by atoms with Gasteiger partial charge in [-0.05, 0) is 19.7 Å². The zero-order valence-corrected chi connectivity index (χ0v) is 10.8. The van der Waals surface area contributed by atoms with E-state index in [1.54, 1.807) is 4.90 Å². The quantitative estimate of drug-likeness (QED) is 0.775. The number of hydrogen-bond acceptors (Lipinski definition) is 2. The molecule has 0 radical (unpaired) electrons. The minimum absolute atomic E-state index is 0.0625. The van der Waals surface area contributed by atoms with Gasteiger partial charge in [-0.2, -0.15) is 0 Å². The van der Waals surface area contributed by atoms with Gasteiger partial charge in [-0.1, -0.05) is 30.3 Å². The Labute approximate surface area is 107 Å². The summed E-state index contributed by atoms with van der Waals surface area (Å²) in [6, 6.07) is 9.62. The molecule has 18 heavy (non-hydrogen) atoms. The molecular weight excluding hydrogens is 236 g/mol. The Balaban J connectivity index is 1.85. The fraction of sp³-hybridized carbons (Fsp3) is 0.571. The fourth-order valence-electron chi connectivity index (χ4n) is 2.30. The van der Waals surface area contributed by atoms with Crippen molar-refractivity contribution >= 4 is 0 Å². The minimum Gasteiger partial charge on any atom is -0.376 e. The molecule has 0 amide bonds. The highest BCUT2D eigenvalue weighted by Crippen LogP contribution is 2.60. The molecule has 1 aromatic carbocycles. The number of benzene rings is 1. The Morgan fingerprint density at radius 3 is 2.33 bits per heavy atom. The van der Waals surface area contributed by atoms with Gasteiger partial charge in [-0.3, -0.25) is 0 Å². The third kappa shape index (κ3) is 2.87. The Hall–Kier alpha value is -1.00. The molecule has 1 fully saturated rings. The Bertz CT molecular complexity index is 394. The molecule has 1 aliphatic carbocycles. The standard InChI is InChI=1S/C14H19F2NO/c1-17(2)10-13(9-14(13,15)16)11-18-8-12-6-4-3-5-7-12/h3-7H,8-11H2,1-2H3/t13-/m1/s1. The topological polar surface area (TPSA) is 12.5 Å². The highest BCUT2D eigenvalue weighted by Gasteiger charge is 2.71. The summed E-state index contributed by atoms with van der Waals surface area (Å²) in [5.41, 5.74) is 0.0344. The molecule has 0 spiro atoms. The van der Waals surface area contributed by atoms with Gasteiger partial charge in [0, 0.05) is 13.0 Å². The summed E-state index contributed by atoms with van der Waals surface area (Å²) in [5, 5.41) is 0. The number of rotatable bonds is 6. The maximum atomic E-state index is 13.4. The van der Waals surface area contributed by atoms with Gasteiger partial charge < -0.3 is 9.64 Å². The van der Waals surface area contributed by atoms with Crippen molar-refractivity contribution in [3.63, 3.8) is 0 Å². The van der Waals surface area contributed by atoms with E-state index in [0.29, 0.717) is 13.2 Å². The van der Waals surface area contributed by atoms with E-state index in [-0.39, 0.29) is 13.0 Å². The van der Waals surface area contributed by atoms with Crippen molar-refractivity contribution in [3.8, 4) is 0 Å². The maximum Gasteiger partial charge on any atom is 0.258 e. The molecule has 0 saturated heterocycles. The van der Waals surface area contributed by atoms with Gasteiger partial charge in [0.25, 0.3) is 5.92 Å². The van der Waals surface area contributed by atoms with E-state index in [9.17, 15) is 8.78 Å². The van der Waals surface area contributed by atoms with Crippen molar-refractivity contribution in [2.75, 3.05) is 27.2 Å². The first-order valence-corrected chi connectivity index (χ1v) is 6.09. The van der Waals surface area contributed by atoms with E-state index in [4.69, 9.17) is 4.74 Å². The van der Waals surface area contributed by atoms with Gasteiger partial charge in [0.1, 0.15) is 0 Å². The van der Waals surface area contributed by atoms with Crippen LogP contribution in [0.4, 0.5) is 8.78 Å². The molecule has 2 nitrogen and oxygen atoms in total. The average Bonchev–Trinajstić information content (AvgIpc) is 2.80. The predicted octanol–water partition coefficient (Wildman–Crippen LogP) is 2.79. The number of hydrogen-bond donors (Lipinski definition) is 0. The highest BCUT2D eigenvalue weighted by atomic mass is 19.3. The summed E-state index contributed by atoms with van der Waals surface area (Å²) < 4.78 is 32.3. The lowest BCUT2D eigenvalue weighted by Gasteiger charge is -2.20. The Morgan fingerprint density at radius 2 is 1.83 bits per heavy atom. The third-order valence-corrected chi connectivity index (χ3v) is 3.32. The summed E-state index contributed by atoms with van der Waals surface area (Å²) in [5.74, 6) is -2.58. The van der Waals surface area contributed by atoms with Crippen molar-refractivity contribution < 1.29 is 13.5 Å². The zero-order valence-electron chi connectivity index (χ0n) is 10.8. The normalized spacial score (nSPS) is 25.4. The zero-order chi connectivity index (χ0) is 13.2. The van der Waals surface area contributed by atoms with E-state index < -0.39 is 11.3 Å². The van der Waals surface area contributed by atoms with Crippen LogP contribution >= 0.6 is 0 Å². The molecule has 0 bridgehead atoms. The second-order valence-electron chi connectivity index (χ2n) is 5.38. The van der Waals surface area contributed by atoms with Crippen LogP contribution in [0.5, 0.6) is 0 Å². The monoisotopic (exact) mass is 255 g/mol. The molecule has 100 valence electrons. The van der Waals surface area contributed by atoms with Crippen molar-refractivity contribution in [2.45, 2.75) is 19.0 Å². The molecule has 4 heteroatoms. The molecule has 2 rings (SSSR count). The van der Waals surface area contributed by atoms with E-state index in [1.165, 1.54) is 0 Å². The van der Waals surface area contributed by atoms with E-state index in [0.717, 1.165) is 5.56 Å². The van der Waals surface area contributed by atoms with Gasteiger partial charge in [0.2, 0.25) is 0 Å². The van der Waals surface area contributed by atoms with Crippen molar-refractivity contribution in [2.24, 2.45) is 5.41 Å². The van der Waals surface area contributed by atoms with Crippen molar-refractivity contribution in [1.82, 2.24) is 4.90 Å². The average molecular weight is 255 g/mol. The molecule has 1 aliphatic rings. The summed E-state index contributed by atoms with van der Waals surface area (Å²) in [6.45, 7) is 0.883. The number of ether oxygens (including phenoxy) is 1. The molecule has 0 heterocycles. The van der Waals surface area contributed by atoms with Gasteiger partial charge in [-0.15, -0.1) is 0 Å². The third-order valence-electron chi connectivity index (χ3n) is 3.32. The van der Waals surface area contributed by atoms with Gasteiger partial charge >= 0.3 is 0 Å². The van der Waals surface area contributed by atoms with Crippen LogP contribution in [0.2, 0.25) is 0 Å². The van der Waals surface area contributed by atoms with E-state index >= 15 is 0 Å². The number of nitrogens with zero attached hydrogens (tertiary/aromatic N) is 1. The van der Waals surface area contributed by atoms with Crippen LogP contribution in [-0.2, 0) is 11.3 Å². The van der Waals surface area contributed by atoms with Crippen molar-refractivity contribution in [1.29, 1.82) is 0 Å². The Kier molecular flexibility index (Phi) is 3.69. The lowest BCUT2D eigenvalue weighted by Crippen LogP contribution is -2.31. The molecule has 0 aliphatic heterocycles. The number of alkyl halides is 2. The van der Waals surface area contributed by atoms with E-state index in [1.807, 2.05) is 44.4 Å². The lowest BCUT2D eigenvalue weighted by molar-refractivity contribution is -0.00671. The first kappa shape index (κ1) is 13.4. The van der Waals surface area contributed by atoms with Crippen LogP contribution < -0.4 is 0 Å². The van der Waals surface area contributed by atoms with Crippen LogP contribution in [0, 0.1) is 5.41 Å². The van der Waals surface area contributed by atoms with Crippen LogP contribution in [0.3, 0.4) is 0 Å². The highest BCUT2D eigenvalue weighted by molar-refractivity contribution is 5.14. The molecule has 1 aromatic rings. The molecule has 0 unspecified atom stereocenters. The number of halogens is 2. The lowest BCUT2D eigenvalue weighted by atomic mass is 10.1. The maximum absolute atomic E-state index is 13.4. The molecule has 0 aromatic heterocycles. The summed E-state index contributed by atoms with van der Waals surface area (Å²) in [6.07, 6.45) is -0.0625. The smallest absolute Gasteiger partial charge is 0.258 e.